The van der Waals surface area contributed by atoms with Gasteiger partial charge in [0, 0.05) is 77.9 Å². The summed E-state index contributed by atoms with van der Waals surface area (Å²) in [6, 6.07) is 109. The molecular weight excluding hydrogens is 1270 g/mol. The van der Waals surface area contributed by atoms with E-state index in [4.69, 9.17) is 0 Å². The van der Waals surface area contributed by atoms with Crippen LogP contribution in [0.2, 0.25) is 0 Å². The van der Waals surface area contributed by atoms with Gasteiger partial charge < -0.3 is 18.9 Å². The number of benzene rings is 13. The zero-order valence-electron chi connectivity index (χ0n) is 63.0. The summed E-state index contributed by atoms with van der Waals surface area (Å²) in [6.45, 7) is 28.1. The molecular formula is C100H93BN4. The van der Waals surface area contributed by atoms with Crippen molar-refractivity contribution in [3.8, 4) is 55.9 Å². The van der Waals surface area contributed by atoms with E-state index in [1.807, 2.05) is 0 Å². The number of anilines is 6. The second-order valence-electron chi connectivity index (χ2n) is 34.4. The molecule has 516 valence electrons. The Bertz CT molecular complexity index is 5680. The summed E-state index contributed by atoms with van der Waals surface area (Å²) in [5.41, 5.74) is 33.8. The van der Waals surface area contributed by atoms with Crippen LogP contribution in [0.3, 0.4) is 0 Å². The van der Waals surface area contributed by atoms with Crippen molar-refractivity contribution in [2.75, 3.05) is 9.80 Å². The van der Waals surface area contributed by atoms with Crippen LogP contribution in [-0.2, 0) is 21.7 Å². The van der Waals surface area contributed by atoms with Crippen LogP contribution >= 0.6 is 0 Å². The summed E-state index contributed by atoms with van der Waals surface area (Å²) in [4.78, 5) is 5.59. The SMILES string of the molecule is CC(C)(C)c1cc(-c2ccccc2)c(N2c3cc(-n4c5ccccc5c5ccccc54)ccc3B3c4ccc(-n5c6ccc(C(C)(C)C)cc6c6cc(C(C)(C)C)ccc65)cc4N(c4c(-c5ccccc5)cc(C(C)(C)C)cc4-c4ccccc4)c4cc(C5CCCCC5)cc2c43)c(-c2ccccc2)c1. The minimum Gasteiger partial charge on any atom is -0.310 e. The summed E-state index contributed by atoms with van der Waals surface area (Å²) < 4.78 is 5.12. The lowest BCUT2D eigenvalue weighted by Crippen LogP contribution is -2.61. The summed E-state index contributed by atoms with van der Waals surface area (Å²) in [5, 5.41) is 5.05. The molecule has 0 bridgehead atoms. The molecule has 2 aromatic heterocycles. The predicted molar refractivity (Wildman–Crippen MR) is 452 cm³/mol. The van der Waals surface area contributed by atoms with E-state index >= 15 is 0 Å². The molecule has 4 nitrogen and oxygen atoms in total. The third-order valence-electron chi connectivity index (χ3n) is 23.5. The minimum absolute atomic E-state index is 0.0487. The van der Waals surface area contributed by atoms with E-state index in [0.717, 1.165) is 24.2 Å². The molecule has 0 spiro atoms. The zero-order chi connectivity index (χ0) is 72.0. The number of para-hydroxylation sites is 2. The zero-order valence-corrected chi connectivity index (χ0v) is 63.0. The van der Waals surface area contributed by atoms with Gasteiger partial charge in [0.05, 0.1) is 33.4 Å². The van der Waals surface area contributed by atoms with Crippen LogP contribution in [-0.4, -0.2) is 15.8 Å². The van der Waals surface area contributed by atoms with E-state index in [1.54, 1.807) is 0 Å². The molecule has 13 aromatic carbocycles. The molecule has 0 N–H and O–H groups in total. The highest BCUT2D eigenvalue weighted by molar-refractivity contribution is 7.00. The Hall–Kier alpha value is -10.9. The van der Waals surface area contributed by atoms with Gasteiger partial charge in [-0.2, -0.15) is 0 Å². The van der Waals surface area contributed by atoms with Crippen molar-refractivity contribution in [3.05, 3.63) is 307 Å². The van der Waals surface area contributed by atoms with Gasteiger partial charge in [0.2, 0.25) is 0 Å². The quantitative estimate of drug-likeness (QED) is 0.134. The number of fused-ring (bicyclic) bond motifs is 10. The van der Waals surface area contributed by atoms with Crippen LogP contribution in [0.15, 0.2) is 279 Å². The molecule has 5 heteroatoms. The highest BCUT2D eigenvalue weighted by Gasteiger charge is 2.47. The molecule has 1 fully saturated rings. The third kappa shape index (κ3) is 11.2. The number of hydrogen-bond acceptors (Lipinski definition) is 2. The van der Waals surface area contributed by atoms with Gasteiger partial charge in [-0.15, -0.1) is 0 Å². The first kappa shape index (κ1) is 66.1. The maximum Gasteiger partial charge on any atom is 0.252 e. The van der Waals surface area contributed by atoms with Crippen LogP contribution < -0.4 is 26.2 Å². The first-order chi connectivity index (χ1) is 50.6. The second kappa shape index (κ2) is 24.9. The summed E-state index contributed by atoms with van der Waals surface area (Å²) in [6.07, 6.45) is 5.92. The number of nitrogens with zero attached hydrogens (tertiary/aromatic N) is 4. The predicted octanol–water partition coefficient (Wildman–Crippen LogP) is 25.9. The van der Waals surface area contributed by atoms with E-state index in [2.05, 4.69) is 381 Å². The number of aromatic nitrogens is 2. The summed E-state index contributed by atoms with van der Waals surface area (Å²) in [7, 11) is 0. The average Bonchev–Trinajstić information content (AvgIpc) is 0.975. The van der Waals surface area contributed by atoms with E-state index in [9.17, 15) is 0 Å². The third-order valence-corrected chi connectivity index (χ3v) is 23.5. The molecule has 0 amide bonds. The summed E-state index contributed by atoms with van der Waals surface area (Å²) in [5.74, 6) is 0.338. The van der Waals surface area contributed by atoms with E-state index in [1.165, 1.54) is 186 Å². The molecule has 0 radical (unpaired) electrons. The Kier molecular flexibility index (Phi) is 15.7. The van der Waals surface area contributed by atoms with E-state index in [-0.39, 0.29) is 28.4 Å². The average molecular weight is 1360 g/mol. The lowest BCUT2D eigenvalue weighted by atomic mass is 9.33. The van der Waals surface area contributed by atoms with Gasteiger partial charge in [0.25, 0.3) is 6.71 Å². The molecule has 2 aliphatic heterocycles. The molecule has 1 saturated carbocycles. The van der Waals surface area contributed by atoms with E-state index < -0.39 is 0 Å². The Labute approximate surface area is 621 Å². The van der Waals surface area contributed by atoms with Gasteiger partial charge >= 0.3 is 0 Å². The molecule has 1 aliphatic carbocycles. The highest BCUT2D eigenvalue weighted by atomic mass is 15.2. The highest BCUT2D eigenvalue weighted by Crippen LogP contribution is 2.56. The monoisotopic (exact) mass is 1360 g/mol. The van der Waals surface area contributed by atoms with Crippen molar-refractivity contribution in [2.24, 2.45) is 0 Å². The smallest absolute Gasteiger partial charge is 0.252 e. The van der Waals surface area contributed by atoms with Crippen LogP contribution in [0, 0.1) is 0 Å². The van der Waals surface area contributed by atoms with Crippen molar-refractivity contribution in [2.45, 2.75) is 143 Å². The Morgan fingerprint density at radius 2 is 0.619 bits per heavy atom. The van der Waals surface area contributed by atoms with Gasteiger partial charge in [-0.1, -0.05) is 284 Å². The fourth-order valence-corrected chi connectivity index (χ4v) is 17.8. The normalized spacial score (nSPS) is 14.2. The van der Waals surface area contributed by atoms with Crippen molar-refractivity contribution >= 4 is 101 Å². The number of hydrogen-bond donors (Lipinski definition) is 0. The van der Waals surface area contributed by atoms with Gasteiger partial charge in [-0.3, -0.25) is 0 Å². The fourth-order valence-electron chi connectivity index (χ4n) is 17.8. The van der Waals surface area contributed by atoms with Gasteiger partial charge in [0.1, 0.15) is 0 Å². The maximum absolute atomic E-state index is 2.80. The second-order valence-corrected chi connectivity index (χ2v) is 34.4. The molecule has 18 rings (SSSR count). The molecule has 0 saturated heterocycles. The molecule has 3 aliphatic rings. The Morgan fingerprint density at radius 3 is 0.971 bits per heavy atom. The first-order valence-corrected chi connectivity index (χ1v) is 38.4. The number of rotatable bonds is 9. The molecule has 15 aromatic rings. The largest absolute Gasteiger partial charge is 0.310 e. The topological polar surface area (TPSA) is 16.3 Å². The Balaban J connectivity index is 1.03. The van der Waals surface area contributed by atoms with Crippen molar-refractivity contribution in [1.29, 1.82) is 0 Å². The molecule has 0 atom stereocenters. The molecule has 105 heavy (non-hydrogen) atoms. The van der Waals surface area contributed by atoms with Crippen LogP contribution in [0.5, 0.6) is 0 Å². The van der Waals surface area contributed by atoms with Crippen LogP contribution in [0.1, 0.15) is 149 Å². The summed E-state index contributed by atoms with van der Waals surface area (Å²) >= 11 is 0. The lowest BCUT2D eigenvalue weighted by molar-refractivity contribution is 0.444. The van der Waals surface area contributed by atoms with E-state index in [0.29, 0.717) is 5.92 Å². The van der Waals surface area contributed by atoms with Crippen molar-refractivity contribution in [1.82, 2.24) is 9.13 Å². The molecule has 4 heterocycles. The fraction of sp³-hybridized carbons (Fsp3) is 0.220. The maximum atomic E-state index is 2.80. The Morgan fingerprint density at radius 1 is 0.286 bits per heavy atom. The van der Waals surface area contributed by atoms with Gasteiger partial charge in [-0.05, 0) is 204 Å². The lowest BCUT2D eigenvalue weighted by Gasteiger charge is -2.46. The van der Waals surface area contributed by atoms with Crippen molar-refractivity contribution in [3.63, 3.8) is 0 Å². The molecule has 0 unspecified atom stereocenters. The standard InChI is InChI=1S/C100H93BN4/c1-97(2,3)70-46-52-88-82(56-70)83-57-71(98(4,5)6)47-53-89(83)103(88)75-49-51-85-91(63-75)105(96-80(67-38-24-16-25-39-67)60-73(100(10,11)12)61-81(96)68-40-26-17-27-41-68)93-55-69(64-32-18-13-19-33-64)54-92-94(93)101(85)84-50-48-74(102-86-44-30-28-42-76(86)77-43-29-31-45-87(77)102)62-90(84)104(92)95-78(65-34-20-14-21-35-65)58-72(99(7,8)9)59-79(95)66-36-22-15-23-37-66/h14-17,20-31,34-64H,13,18-19,32-33H2,1-12H3. The first-order valence-electron chi connectivity index (χ1n) is 38.4. The van der Waals surface area contributed by atoms with Gasteiger partial charge in [0.15, 0.2) is 0 Å². The van der Waals surface area contributed by atoms with Crippen molar-refractivity contribution < 1.29 is 0 Å². The van der Waals surface area contributed by atoms with Crippen LogP contribution in [0.4, 0.5) is 34.1 Å². The van der Waals surface area contributed by atoms with Gasteiger partial charge in [-0.25, -0.2) is 0 Å². The van der Waals surface area contributed by atoms with Crippen LogP contribution in [0.25, 0.3) is 99.5 Å². The minimum atomic E-state index is -0.209.